The van der Waals surface area contributed by atoms with Gasteiger partial charge in [-0.3, -0.25) is 9.59 Å². The van der Waals surface area contributed by atoms with Crippen molar-refractivity contribution in [3.05, 3.63) is 23.8 Å². The summed E-state index contributed by atoms with van der Waals surface area (Å²) in [5, 5.41) is 12.2. The van der Waals surface area contributed by atoms with Crippen molar-refractivity contribution in [1.29, 1.82) is 0 Å². The van der Waals surface area contributed by atoms with Crippen LogP contribution in [0.25, 0.3) is 0 Å². The van der Waals surface area contributed by atoms with Gasteiger partial charge in [-0.2, -0.15) is 0 Å². The van der Waals surface area contributed by atoms with Crippen molar-refractivity contribution in [1.82, 2.24) is 4.90 Å². The molecule has 1 saturated carbocycles. The maximum Gasteiger partial charge on any atom is 0.314 e. The molecule has 0 saturated heterocycles. The van der Waals surface area contributed by atoms with Crippen LogP contribution in [0.3, 0.4) is 0 Å². The van der Waals surface area contributed by atoms with Gasteiger partial charge in [-0.25, -0.2) is 0 Å². The summed E-state index contributed by atoms with van der Waals surface area (Å²) >= 11 is 0. The van der Waals surface area contributed by atoms with E-state index in [0.717, 1.165) is 31.2 Å². The summed E-state index contributed by atoms with van der Waals surface area (Å²) in [7, 11) is 1.67. The minimum atomic E-state index is -0.706. The third-order valence-electron chi connectivity index (χ3n) is 4.04. The summed E-state index contributed by atoms with van der Waals surface area (Å²) in [6.45, 7) is 1.84. The first-order valence-electron chi connectivity index (χ1n) is 7.37. The van der Waals surface area contributed by atoms with Crippen molar-refractivity contribution in [2.24, 2.45) is 0 Å². The van der Waals surface area contributed by atoms with Crippen LogP contribution in [-0.2, 0) is 9.59 Å². The lowest BCUT2D eigenvalue weighted by Gasteiger charge is -2.30. The fourth-order valence-corrected chi connectivity index (χ4v) is 2.72. The number of likely N-dealkylation sites (N-methyl/N-ethyl adjacent to an activating group) is 1. The van der Waals surface area contributed by atoms with Crippen molar-refractivity contribution in [3.8, 4) is 5.75 Å². The number of nitrogens with one attached hydrogen (secondary N) is 1. The van der Waals surface area contributed by atoms with Crippen LogP contribution < -0.4 is 5.32 Å². The number of anilines is 1. The average Bonchev–Trinajstić information content (AvgIpc) is 2.49. The van der Waals surface area contributed by atoms with Crippen LogP contribution in [0.4, 0.5) is 5.69 Å². The molecule has 0 unspecified atom stereocenters. The van der Waals surface area contributed by atoms with Gasteiger partial charge >= 0.3 is 11.8 Å². The molecule has 0 aliphatic heterocycles. The van der Waals surface area contributed by atoms with Crippen LogP contribution in [-0.4, -0.2) is 34.9 Å². The van der Waals surface area contributed by atoms with Gasteiger partial charge in [0.25, 0.3) is 0 Å². The van der Waals surface area contributed by atoms with Gasteiger partial charge in [-0.1, -0.05) is 25.3 Å². The summed E-state index contributed by atoms with van der Waals surface area (Å²) in [4.78, 5) is 25.7. The predicted octanol–water partition coefficient (Wildman–Crippen LogP) is 2.43. The second kappa shape index (κ2) is 6.61. The van der Waals surface area contributed by atoms with E-state index in [9.17, 15) is 14.7 Å². The van der Waals surface area contributed by atoms with Crippen LogP contribution in [0.5, 0.6) is 5.75 Å². The van der Waals surface area contributed by atoms with Gasteiger partial charge in [0.05, 0.1) is 5.69 Å². The molecule has 0 spiro atoms. The molecule has 1 aromatic carbocycles. The first-order chi connectivity index (χ1) is 9.99. The van der Waals surface area contributed by atoms with Crippen LogP contribution in [0, 0.1) is 6.92 Å². The topological polar surface area (TPSA) is 69.6 Å². The van der Waals surface area contributed by atoms with Gasteiger partial charge in [-0.15, -0.1) is 0 Å². The highest BCUT2D eigenvalue weighted by molar-refractivity contribution is 6.39. The normalized spacial score (nSPS) is 15.5. The highest BCUT2D eigenvalue weighted by Gasteiger charge is 2.26. The number of hydrogen-bond acceptors (Lipinski definition) is 3. The Hall–Kier alpha value is -2.04. The zero-order chi connectivity index (χ0) is 15.4. The number of aromatic hydroxyl groups is 1. The van der Waals surface area contributed by atoms with Gasteiger partial charge in [0.1, 0.15) is 5.75 Å². The Bertz CT molecular complexity index is 536. The van der Waals surface area contributed by atoms with Gasteiger partial charge in [0, 0.05) is 13.1 Å². The number of phenolic OH excluding ortho intramolecular Hbond substituents is 1. The second-order valence-corrected chi connectivity index (χ2v) is 5.68. The van der Waals surface area contributed by atoms with Crippen LogP contribution in [0.2, 0.25) is 0 Å². The smallest absolute Gasteiger partial charge is 0.314 e. The number of phenols is 1. The molecule has 1 aromatic rings. The lowest BCUT2D eigenvalue weighted by atomic mass is 9.94. The Morgan fingerprint density at radius 2 is 1.90 bits per heavy atom. The van der Waals surface area contributed by atoms with Crippen LogP contribution >= 0.6 is 0 Å². The molecular formula is C16H22N2O3. The molecule has 114 valence electrons. The first-order valence-corrected chi connectivity index (χ1v) is 7.37. The van der Waals surface area contributed by atoms with E-state index in [2.05, 4.69) is 5.32 Å². The Balaban J connectivity index is 2.00. The van der Waals surface area contributed by atoms with E-state index in [-0.39, 0.29) is 17.5 Å². The molecular weight excluding hydrogens is 268 g/mol. The number of nitrogens with zero attached hydrogens (tertiary/aromatic N) is 1. The molecule has 0 atom stereocenters. The number of carbonyl (C=O) groups is 2. The van der Waals surface area contributed by atoms with Gasteiger partial charge in [0.2, 0.25) is 0 Å². The molecule has 5 nitrogen and oxygen atoms in total. The minimum Gasteiger partial charge on any atom is -0.506 e. The number of hydrogen-bond donors (Lipinski definition) is 2. The summed E-state index contributed by atoms with van der Waals surface area (Å²) in [5.41, 5.74) is 1.15. The van der Waals surface area contributed by atoms with E-state index in [4.69, 9.17) is 0 Å². The standard InChI is InChI=1S/C16H22N2O3/c1-11-8-9-13(14(19)10-11)17-15(20)16(21)18(2)12-6-4-3-5-7-12/h8-10,12,19H,3-7H2,1-2H3,(H,17,20). The maximum absolute atomic E-state index is 12.2. The monoisotopic (exact) mass is 290 g/mol. The summed E-state index contributed by atoms with van der Waals surface area (Å²) in [5.74, 6) is -1.29. The number of aryl methyl sites for hydroxylation is 1. The molecule has 21 heavy (non-hydrogen) atoms. The third-order valence-corrected chi connectivity index (χ3v) is 4.04. The lowest BCUT2D eigenvalue weighted by molar-refractivity contribution is -0.144. The Morgan fingerprint density at radius 1 is 1.24 bits per heavy atom. The van der Waals surface area contributed by atoms with E-state index < -0.39 is 11.8 Å². The van der Waals surface area contributed by atoms with Crippen molar-refractivity contribution in [2.45, 2.75) is 45.1 Å². The van der Waals surface area contributed by atoms with Crippen molar-refractivity contribution < 1.29 is 14.7 Å². The van der Waals surface area contributed by atoms with Crippen molar-refractivity contribution in [3.63, 3.8) is 0 Å². The first kappa shape index (κ1) is 15.4. The minimum absolute atomic E-state index is 0.0310. The van der Waals surface area contributed by atoms with Crippen LogP contribution in [0.1, 0.15) is 37.7 Å². The van der Waals surface area contributed by atoms with Gasteiger partial charge in [0.15, 0.2) is 0 Å². The van der Waals surface area contributed by atoms with E-state index >= 15 is 0 Å². The molecule has 1 aliphatic carbocycles. The highest BCUT2D eigenvalue weighted by Crippen LogP contribution is 2.25. The number of rotatable bonds is 2. The predicted molar refractivity (Wildman–Crippen MR) is 81.1 cm³/mol. The van der Waals surface area contributed by atoms with E-state index in [1.807, 2.05) is 6.92 Å². The molecule has 0 bridgehead atoms. The van der Waals surface area contributed by atoms with Crippen molar-refractivity contribution >= 4 is 17.5 Å². The largest absolute Gasteiger partial charge is 0.506 e. The fraction of sp³-hybridized carbons (Fsp3) is 0.500. The Labute approximate surface area is 125 Å². The fourth-order valence-electron chi connectivity index (χ4n) is 2.72. The Kier molecular flexibility index (Phi) is 4.83. The van der Waals surface area contributed by atoms with E-state index in [1.165, 1.54) is 11.3 Å². The molecule has 2 N–H and O–H groups in total. The lowest BCUT2D eigenvalue weighted by Crippen LogP contribution is -2.44. The number of carbonyl (C=O) groups excluding carboxylic acids is 2. The van der Waals surface area contributed by atoms with E-state index in [1.54, 1.807) is 25.2 Å². The highest BCUT2D eigenvalue weighted by atomic mass is 16.3. The summed E-state index contributed by atoms with van der Waals surface area (Å²) < 4.78 is 0. The summed E-state index contributed by atoms with van der Waals surface area (Å²) in [6.07, 6.45) is 5.30. The number of benzene rings is 1. The molecule has 0 heterocycles. The number of amides is 2. The average molecular weight is 290 g/mol. The van der Waals surface area contributed by atoms with Gasteiger partial charge in [-0.05, 0) is 37.5 Å². The summed E-state index contributed by atoms with van der Waals surface area (Å²) in [6, 6.07) is 5.05. The zero-order valence-corrected chi connectivity index (χ0v) is 12.6. The molecule has 1 fully saturated rings. The third kappa shape index (κ3) is 3.74. The zero-order valence-electron chi connectivity index (χ0n) is 12.6. The van der Waals surface area contributed by atoms with E-state index in [0.29, 0.717) is 0 Å². The molecule has 1 aliphatic rings. The molecule has 0 aromatic heterocycles. The molecule has 2 rings (SSSR count). The SMILES string of the molecule is Cc1ccc(NC(=O)C(=O)N(C)C2CCCCC2)c(O)c1. The van der Waals surface area contributed by atoms with Crippen LogP contribution in [0.15, 0.2) is 18.2 Å². The quantitative estimate of drug-likeness (QED) is 0.649. The van der Waals surface area contributed by atoms with Gasteiger partial charge < -0.3 is 15.3 Å². The molecule has 0 radical (unpaired) electrons. The Morgan fingerprint density at radius 3 is 2.52 bits per heavy atom. The molecule has 5 heteroatoms. The molecule has 2 amide bonds. The maximum atomic E-state index is 12.2. The second-order valence-electron chi connectivity index (χ2n) is 5.68. The van der Waals surface area contributed by atoms with Crippen molar-refractivity contribution in [2.75, 3.05) is 12.4 Å².